The van der Waals surface area contributed by atoms with Crippen LogP contribution in [0.25, 0.3) is 28.2 Å². The maximum atomic E-state index is 14.6. The van der Waals surface area contributed by atoms with Crippen molar-refractivity contribution in [2.24, 2.45) is 0 Å². The minimum Gasteiger partial charge on any atom is -0.366 e. The average Bonchev–Trinajstić information content (AvgIpc) is 3.13. The summed E-state index contributed by atoms with van der Waals surface area (Å²) in [5, 5.41) is 3.40. The van der Waals surface area contributed by atoms with E-state index in [9.17, 15) is 8.78 Å². The molecule has 0 spiro atoms. The van der Waals surface area contributed by atoms with Crippen LogP contribution in [0.3, 0.4) is 0 Å². The second-order valence-electron chi connectivity index (χ2n) is 7.38. The summed E-state index contributed by atoms with van der Waals surface area (Å²) in [6, 6.07) is 11.6. The number of halogens is 2. The van der Waals surface area contributed by atoms with Crippen molar-refractivity contribution >= 4 is 16.7 Å². The summed E-state index contributed by atoms with van der Waals surface area (Å²) in [6.45, 7) is 4.90. The van der Waals surface area contributed by atoms with Crippen molar-refractivity contribution in [1.29, 1.82) is 0 Å². The summed E-state index contributed by atoms with van der Waals surface area (Å²) >= 11 is 0. The Bertz CT molecular complexity index is 1210. The van der Waals surface area contributed by atoms with Gasteiger partial charge in [0, 0.05) is 43.6 Å². The summed E-state index contributed by atoms with van der Waals surface area (Å²) < 4.78 is 29.9. The molecule has 1 atom stereocenters. The Morgan fingerprint density at radius 2 is 2.00 bits per heavy atom. The molecule has 1 aliphatic heterocycles. The van der Waals surface area contributed by atoms with Gasteiger partial charge in [-0.15, -0.1) is 0 Å². The molecule has 2 aromatic carbocycles. The predicted octanol–water partition coefficient (Wildman–Crippen LogP) is 3.56. The van der Waals surface area contributed by atoms with Crippen molar-refractivity contribution in [3.63, 3.8) is 0 Å². The second-order valence-corrected chi connectivity index (χ2v) is 7.38. The molecule has 0 radical (unpaired) electrons. The van der Waals surface area contributed by atoms with Crippen molar-refractivity contribution < 1.29 is 8.78 Å². The van der Waals surface area contributed by atoms with E-state index in [1.165, 1.54) is 18.5 Å². The largest absolute Gasteiger partial charge is 0.366 e. The Hall–Kier alpha value is -3.39. The van der Waals surface area contributed by atoms with E-state index in [1.807, 2.05) is 12.1 Å². The first kappa shape index (κ1) is 18.6. The second kappa shape index (κ2) is 7.46. The topological polar surface area (TPSA) is 58.9 Å². The molecule has 30 heavy (non-hydrogen) atoms. The minimum absolute atomic E-state index is 0.211. The van der Waals surface area contributed by atoms with Gasteiger partial charge < -0.3 is 10.2 Å². The number of imidazole rings is 1. The lowest BCUT2D eigenvalue weighted by Crippen LogP contribution is -2.49. The van der Waals surface area contributed by atoms with E-state index in [1.54, 1.807) is 16.8 Å². The molecule has 0 saturated carbocycles. The molecule has 3 heterocycles. The van der Waals surface area contributed by atoms with E-state index < -0.39 is 11.6 Å². The van der Waals surface area contributed by atoms with E-state index in [-0.39, 0.29) is 5.56 Å². The molecule has 2 aromatic heterocycles. The average molecular weight is 406 g/mol. The zero-order valence-electron chi connectivity index (χ0n) is 16.4. The van der Waals surface area contributed by atoms with Crippen LogP contribution in [0.2, 0.25) is 0 Å². The summed E-state index contributed by atoms with van der Waals surface area (Å²) in [5.41, 5.74) is 2.79. The van der Waals surface area contributed by atoms with Crippen LogP contribution in [-0.2, 0) is 0 Å². The molecular formula is C22H20F2N6. The smallest absolute Gasteiger partial charge is 0.149 e. The lowest BCUT2D eigenvalue weighted by Gasteiger charge is -2.36. The molecule has 1 saturated heterocycles. The fourth-order valence-corrected chi connectivity index (χ4v) is 3.97. The van der Waals surface area contributed by atoms with Crippen molar-refractivity contribution in [1.82, 2.24) is 24.8 Å². The Balaban J connectivity index is 1.74. The molecule has 4 aromatic rings. The lowest BCUT2D eigenvalue weighted by atomic mass is 10.1. The van der Waals surface area contributed by atoms with Gasteiger partial charge in [-0.2, -0.15) is 0 Å². The van der Waals surface area contributed by atoms with Crippen LogP contribution >= 0.6 is 0 Å². The van der Waals surface area contributed by atoms with Gasteiger partial charge in [-0.05, 0) is 43.3 Å². The van der Waals surface area contributed by atoms with Crippen LogP contribution in [0.4, 0.5) is 14.5 Å². The number of piperazine rings is 1. The van der Waals surface area contributed by atoms with Gasteiger partial charge in [0.1, 0.15) is 29.6 Å². The third-order valence-corrected chi connectivity index (χ3v) is 5.44. The molecule has 8 heteroatoms. The predicted molar refractivity (Wildman–Crippen MR) is 112 cm³/mol. The Morgan fingerprint density at radius 3 is 2.77 bits per heavy atom. The van der Waals surface area contributed by atoms with Crippen molar-refractivity contribution in [2.45, 2.75) is 13.0 Å². The number of fused-ring (bicyclic) bond motifs is 1. The van der Waals surface area contributed by atoms with Gasteiger partial charge in [0.15, 0.2) is 0 Å². The van der Waals surface area contributed by atoms with Gasteiger partial charge in [0.25, 0.3) is 0 Å². The Kier molecular flexibility index (Phi) is 4.63. The molecule has 0 amide bonds. The van der Waals surface area contributed by atoms with E-state index >= 15 is 0 Å². The highest BCUT2D eigenvalue weighted by molar-refractivity contribution is 5.86. The molecule has 152 valence electrons. The zero-order chi connectivity index (χ0) is 20.7. The van der Waals surface area contributed by atoms with Gasteiger partial charge >= 0.3 is 0 Å². The van der Waals surface area contributed by atoms with Crippen molar-refractivity contribution in [3.8, 4) is 17.2 Å². The molecule has 5 rings (SSSR count). The van der Waals surface area contributed by atoms with Gasteiger partial charge in [-0.3, -0.25) is 4.57 Å². The normalized spacial score (nSPS) is 16.9. The number of nitrogens with zero attached hydrogens (tertiary/aromatic N) is 5. The number of hydrogen-bond acceptors (Lipinski definition) is 5. The molecule has 0 bridgehead atoms. The molecular weight excluding hydrogens is 386 g/mol. The summed E-state index contributed by atoms with van der Waals surface area (Å²) in [6.07, 6.45) is 3.06. The molecule has 1 aliphatic rings. The van der Waals surface area contributed by atoms with Gasteiger partial charge in [0.2, 0.25) is 0 Å². The summed E-state index contributed by atoms with van der Waals surface area (Å²) in [5.74, 6) is -0.365. The fraction of sp³-hybridized carbons (Fsp3) is 0.227. The van der Waals surface area contributed by atoms with Crippen molar-refractivity contribution in [3.05, 3.63) is 66.6 Å². The highest BCUT2D eigenvalue weighted by Crippen LogP contribution is 2.32. The van der Waals surface area contributed by atoms with E-state index in [0.29, 0.717) is 23.2 Å². The number of hydrogen-bond donors (Lipinski definition) is 1. The fourth-order valence-electron chi connectivity index (χ4n) is 3.97. The van der Waals surface area contributed by atoms with Crippen LogP contribution in [0.1, 0.15) is 6.92 Å². The van der Waals surface area contributed by atoms with Crippen LogP contribution in [0.5, 0.6) is 0 Å². The van der Waals surface area contributed by atoms with Gasteiger partial charge in [-0.25, -0.2) is 23.7 Å². The highest BCUT2D eigenvalue weighted by atomic mass is 19.1. The van der Waals surface area contributed by atoms with E-state index in [2.05, 4.69) is 38.2 Å². The van der Waals surface area contributed by atoms with Crippen LogP contribution < -0.4 is 10.2 Å². The molecule has 0 aliphatic carbocycles. The Morgan fingerprint density at radius 1 is 1.10 bits per heavy atom. The van der Waals surface area contributed by atoms with Crippen LogP contribution in [0.15, 0.2) is 55.0 Å². The summed E-state index contributed by atoms with van der Waals surface area (Å²) in [7, 11) is 0. The maximum Gasteiger partial charge on any atom is 0.149 e. The van der Waals surface area contributed by atoms with E-state index in [0.717, 1.165) is 36.9 Å². The third-order valence-electron chi connectivity index (χ3n) is 5.44. The first-order chi connectivity index (χ1) is 14.6. The third kappa shape index (κ3) is 3.19. The Labute approximate surface area is 172 Å². The number of aromatic nitrogens is 4. The maximum absolute atomic E-state index is 14.6. The van der Waals surface area contributed by atoms with Gasteiger partial charge in [-0.1, -0.05) is 0 Å². The van der Waals surface area contributed by atoms with Gasteiger partial charge in [0.05, 0.1) is 16.6 Å². The number of nitrogens with one attached hydrogen (secondary N) is 1. The molecule has 1 N–H and O–H groups in total. The highest BCUT2D eigenvalue weighted by Gasteiger charge is 2.22. The van der Waals surface area contributed by atoms with Crippen LogP contribution in [0, 0.1) is 11.6 Å². The van der Waals surface area contributed by atoms with Crippen LogP contribution in [-0.4, -0.2) is 45.2 Å². The first-order valence-electron chi connectivity index (χ1n) is 9.83. The van der Waals surface area contributed by atoms with E-state index in [4.69, 9.17) is 0 Å². The standard InChI is InChI=1S/C22H20F2N6/c1-14-12-25-8-9-29(14)16-3-5-19-20(11-16)30(21-6-7-26-13-27-21)22(28-19)17-4-2-15(23)10-18(17)24/h2-7,10-11,13-14,25H,8-9,12H2,1H3/t14-/m1/s1. The SMILES string of the molecule is C[C@@H]1CNCCN1c1ccc2nc(-c3ccc(F)cc3F)n(-c3ccncn3)c2c1. The zero-order valence-corrected chi connectivity index (χ0v) is 16.4. The molecule has 1 fully saturated rings. The first-order valence-corrected chi connectivity index (χ1v) is 9.83. The minimum atomic E-state index is -0.670. The summed E-state index contributed by atoms with van der Waals surface area (Å²) in [4.78, 5) is 15.3. The number of rotatable bonds is 3. The lowest BCUT2D eigenvalue weighted by molar-refractivity contribution is 0.501. The molecule has 0 unspecified atom stereocenters. The number of anilines is 1. The quantitative estimate of drug-likeness (QED) is 0.564. The monoisotopic (exact) mass is 406 g/mol. The molecule has 6 nitrogen and oxygen atoms in total. The number of benzene rings is 2. The van der Waals surface area contributed by atoms with Crippen molar-refractivity contribution in [2.75, 3.05) is 24.5 Å².